The first-order valence-electron chi connectivity index (χ1n) is 3.71. The lowest BCUT2D eigenvalue weighted by Crippen LogP contribution is -2.54. The van der Waals surface area contributed by atoms with Crippen molar-refractivity contribution in [2.45, 2.75) is 30.7 Å². The Morgan fingerprint density at radius 1 is 1.46 bits per heavy atom. The Morgan fingerprint density at radius 2 is 2.00 bits per heavy atom. The quantitative estimate of drug-likeness (QED) is 0.376. The lowest BCUT2D eigenvalue weighted by molar-refractivity contribution is -0.176. The molecule has 6 heteroatoms. The summed E-state index contributed by atoms with van der Waals surface area (Å²) >= 11 is 0. The second kappa shape index (κ2) is 3.06. The lowest BCUT2D eigenvalue weighted by atomic mass is 9.81. The van der Waals surface area contributed by atoms with E-state index in [-0.39, 0.29) is 0 Å². The predicted octanol–water partition coefficient (Wildman–Crippen LogP) is -2.11. The van der Waals surface area contributed by atoms with Gasteiger partial charge in [0.05, 0.1) is 6.10 Å². The van der Waals surface area contributed by atoms with Gasteiger partial charge in [-0.25, -0.2) is 4.79 Å². The topological polar surface area (TPSA) is 115 Å². The van der Waals surface area contributed by atoms with Gasteiger partial charge < -0.3 is 20.4 Å². The van der Waals surface area contributed by atoms with Crippen LogP contribution in [0.1, 0.15) is 12.8 Å². The van der Waals surface area contributed by atoms with E-state index < -0.39 is 42.4 Å². The molecule has 3 atom stereocenters. The Hall–Kier alpha value is -0.980. The van der Waals surface area contributed by atoms with E-state index in [1.807, 2.05) is 0 Å². The van der Waals surface area contributed by atoms with Gasteiger partial charge in [0.2, 0.25) is 0 Å². The summed E-state index contributed by atoms with van der Waals surface area (Å²) in [6, 6.07) is 0. The first-order valence-corrected chi connectivity index (χ1v) is 3.71. The van der Waals surface area contributed by atoms with Gasteiger partial charge in [-0.1, -0.05) is 0 Å². The van der Waals surface area contributed by atoms with E-state index in [1.165, 1.54) is 0 Å². The number of aliphatic hydroxyl groups excluding tert-OH is 2. The molecule has 0 aromatic carbocycles. The van der Waals surface area contributed by atoms with Gasteiger partial charge in [0, 0.05) is 12.8 Å². The van der Waals surface area contributed by atoms with Crippen molar-refractivity contribution < 1.29 is 30.0 Å². The number of hydrogen-bond donors (Lipinski definition) is 4. The predicted molar refractivity (Wildman–Crippen MR) is 38.8 cm³/mol. The van der Waals surface area contributed by atoms with Crippen LogP contribution in [-0.2, 0) is 9.59 Å². The SMILES string of the molecule is O=C1C[C@](O)(C(=O)O)C[C@@H](O)[C@@H]1O. The van der Waals surface area contributed by atoms with Crippen molar-refractivity contribution in [3.8, 4) is 0 Å². The normalized spacial score (nSPS) is 40.4. The number of carboxylic acid groups (broad SMARTS) is 1. The zero-order valence-electron chi connectivity index (χ0n) is 6.67. The van der Waals surface area contributed by atoms with Gasteiger partial charge in [-0.3, -0.25) is 4.79 Å². The van der Waals surface area contributed by atoms with Crippen molar-refractivity contribution in [1.29, 1.82) is 0 Å². The molecule has 1 rings (SSSR count). The number of Topliss-reactive ketones (excluding diaryl/α,β-unsaturated/α-hetero) is 1. The Morgan fingerprint density at radius 3 is 2.38 bits per heavy atom. The monoisotopic (exact) mass is 190 g/mol. The van der Waals surface area contributed by atoms with E-state index >= 15 is 0 Å². The summed E-state index contributed by atoms with van der Waals surface area (Å²) in [7, 11) is 0. The number of rotatable bonds is 1. The Kier molecular flexibility index (Phi) is 2.38. The molecular weight excluding hydrogens is 180 g/mol. The molecule has 6 nitrogen and oxygen atoms in total. The number of ketones is 1. The zero-order valence-corrected chi connectivity index (χ0v) is 6.67. The van der Waals surface area contributed by atoms with Crippen LogP contribution in [0, 0.1) is 0 Å². The van der Waals surface area contributed by atoms with Crippen LogP contribution in [0.2, 0.25) is 0 Å². The van der Waals surface area contributed by atoms with Gasteiger partial charge in [0.15, 0.2) is 11.4 Å². The van der Waals surface area contributed by atoms with Gasteiger partial charge in [0.1, 0.15) is 6.10 Å². The maximum atomic E-state index is 10.9. The molecule has 1 saturated carbocycles. The van der Waals surface area contributed by atoms with E-state index in [1.54, 1.807) is 0 Å². The fourth-order valence-electron chi connectivity index (χ4n) is 1.30. The Labute approximate surface area is 73.4 Å². The van der Waals surface area contributed by atoms with E-state index in [0.29, 0.717) is 0 Å². The number of carbonyl (C=O) groups excluding carboxylic acids is 1. The average Bonchev–Trinajstić information content (AvgIpc) is 2.00. The first kappa shape index (κ1) is 10.1. The molecule has 0 unspecified atom stereocenters. The van der Waals surface area contributed by atoms with Crippen molar-refractivity contribution >= 4 is 11.8 Å². The molecule has 0 amide bonds. The standard InChI is InChI=1S/C7H10O6/c8-3-1-7(13,6(11)12)2-4(9)5(3)10/h3,5,8,10,13H,1-2H2,(H,11,12)/t3-,5+,7+/m1/s1. The van der Waals surface area contributed by atoms with Gasteiger partial charge in [0.25, 0.3) is 0 Å². The molecule has 74 valence electrons. The molecule has 0 spiro atoms. The highest BCUT2D eigenvalue weighted by Gasteiger charge is 2.48. The summed E-state index contributed by atoms with van der Waals surface area (Å²) in [5, 5.41) is 35.8. The van der Waals surface area contributed by atoms with Crippen LogP contribution in [0.4, 0.5) is 0 Å². The number of aliphatic hydroxyl groups is 3. The molecule has 0 aliphatic heterocycles. The van der Waals surface area contributed by atoms with Crippen molar-refractivity contribution in [2.75, 3.05) is 0 Å². The molecule has 0 radical (unpaired) electrons. The van der Waals surface area contributed by atoms with Crippen molar-refractivity contribution in [2.24, 2.45) is 0 Å². The van der Waals surface area contributed by atoms with Crippen LogP contribution in [0.5, 0.6) is 0 Å². The molecule has 1 aliphatic carbocycles. The highest BCUT2D eigenvalue weighted by atomic mass is 16.4. The van der Waals surface area contributed by atoms with Crippen LogP contribution in [0.15, 0.2) is 0 Å². The molecule has 0 heterocycles. The molecule has 0 aromatic heterocycles. The van der Waals surface area contributed by atoms with Crippen LogP contribution in [0.3, 0.4) is 0 Å². The fourth-order valence-corrected chi connectivity index (χ4v) is 1.30. The number of carbonyl (C=O) groups is 2. The van der Waals surface area contributed by atoms with Gasteiger partial charge in [-0.2, -0.15) is 0 Å². The Bertz CT molecular complexity index is 249. The largest absolute Gasteiger partial charge is 0.479 e. The molecule has 1 fully saturated rings. The summed E-state index contributed by atoms with van der Waals surface area (Å²) in [6.07, 6.45) is -4.29. The summed E-state index contributed by atoms with van der Waals surface area (Å²) in [5.41, 5.74) is -2.24. The summed E-state index contributed by atoms with van der Waals surface area (Å²) in [4.78, 5) is 21.4. The van der Waals surface area contributed by atoms with E-state index in [4.69, 9.17) is 15.3 Å². The third kappa shape index (κ3) is 1.69. The van der Waals surface area contributed by atoms with E-state index in [9.17, 15) is 14.7 Å². The zero-order chi connectivity index (χ0) is 10.2. The van der Waals surface area contributed by atoms with Gasteiger partial charge in [-0.05, 0) is 0 Å². The van der Waals surface area contributed by atoms with Crippen LogP contribution in [0.25, 0.3) is 0 Å². The van der Waals surface area contributed by atoms with Crippen LogP contribution in [-0.4, -0.2) is 50.0 Å². The smallest absolute Gasteiger partial charge is 0.336 e. The second-order valence-corrected chi connectivity index (χ2v) is 3.20. The van der Waals surface area contributed by atoms with Crippen LogP contribution >= 0.6 is 0 Å². The number of aliphatic carboxylic acids is 1. The molecule has 0 bridgehead atoms. The molecule has 0 aromatic rings. The van der Waals surface area contributed by atoms with Gasteiger partial charge >= 0.3 is 5.97 Å². The third-order valence-corrected chi connectivity index (χ3v) is 2.11. The number of carboxylic acids is 1. The highest BCUT2D eigenvalue weighted by Crippen LogP contribution is 2.26. The molecule has 1 aliphatic rings. The van der Waals surface area contributed by atoms with Crippen LogP contribution < -0.4 is 0 Å². The third-order valence-electron chi connectivity index (χ3n) is 2.11. The van der Waals surface area contributed by atoms with E-state index in [2.05, 4.69) is 0 Å². The van der Waals surface area contributed by atoms with Crippen molar-refractivity contribution in [3.63, 3.8) is 0 Å². The maximum Gasteiger partial charge on any atom is 0.336 e. The van der Waals surface area contributed by atoms with E-state index in [0.717, 1.165) is 0 Å². The maximum absolute atomic E-state index is 10.9. The van der Waals surface area contributed by atoms with Crippen molar-refractivity contribution in [3.05, 3.63) is 0 Å². The first-order chi connectivity index (χ1) is 5.87. The second-order valence-electron chi connectivity index (χ2n) is 3.20. The summed E-state index contributed by atoms with van der Waals surface area (Å²) < 4.78 is 0. The minimum Gasteiger partial charge on any atom is -0.479 e. The Balaban J connectivity index is 2.85. The van der Waals surface area contributed by atoms with Gasteiger partial charge in [-0.15, -0.1) is 0 Å². The minimum absolute atomic E-state index is 0.532. The minimum atomic E-state index is -2.24. The average molecular weight is 190 g/mol. The molecular formula is C7H10O6. The van der Waals surface area contributed by atoms with Crippen molar-refractivity contribution in [1.82, 2.24) is 0 Å². The summed E-state index contributed by atoms with van der Waals surface area (Å²) in [5.74, 6) is -2.42. The molecule has 0 saturated heterocycles. The highest BCUT2D eigenvalue weighted by molar-refractivity contribution is 5.92. The molecule has 13 heavy (non-hydrogen) atoms. The summed E-state index contributed by atoms with van der Waals surface area (Å²) in [6.45, 7) is 0. The molecule has 4 N–H and O–H groups in total. The number of hydrogen-bond acceptors (Lipinski definition) is 5. The lowest BCUT2D eigenvalue weighted by Gasteiger charge is -2.32. The fraction of sp³-hybridized carbons (Fsp3) is 0.714.